The minimum atomic E-state index is -4.12. The fourth-order valence-electron chi connectivity index (χ4n) is 0. The maximum Gasteiger partial charge on any atom is 0.456 e. The van der Waals surface area contributed by atoms with Gasteiger partial charge in [0.25, 0.3) is 0 Å². The SMILES string of the molecule is FP(F)F.[S]. The highest BCUT2D eigenvalue weighted by Crippen LogP contribution is 2.39. The van der Waals surface area contributed by atoms with E-state index in [0.717, 1.165) is 0 Å². The van der Waals surface area contributed by atoms with Gasteiger partial charge < -0.3 is 0 Å². The number of hydrogen-bond acceptors (Lipinski definition) is 0. The maximum absolute atomic E-state index is 9.73. The lowest BCUT2D eigenvalue weighted by molar-refractivity contribution is 0.633. The minimum Gasteiger partial charge on any atom is -0.152 e. The molecule has 0 nitrogen and oxygen atoms in total. The number of hydrogen-bond donors (Lipinski definition) is 0. The minimum absolute atomic E-state index is 0. The van der Waals surface area contributed by atoms with Crippen LogP contribution >= 0.6 is 22.3 Å². The smallest absolute Gasteiger partial charge is 0.152 e. The maximum atomic E-state index is 9.73. The van der Waals surface area contributed by atoms with Crippen LogP contribution in [0.3, 0.4) is 0 Å². The van der Waals surface area contributed by atoms with Crippen LogP contribution < -0.4 is 0 Å². The molecule has 5 heteroatoms. The molecule has 0 aliphatic heterocycles. The number of halogens is 3. The van der Waals surface area contributed by atoms with Crippen molar-refractivity contribution in [2.45, 2.75) is 0 Å². The van der Waals surface area contributed by atoms with Crippen molar-refractivity contribution >= 4 is 22.3 Å². The molecule has 0 amide bonds. The summed E-state index contributed by atoms with van der Waals surface area (Å²) < 4.78 is 29.2. The Bertz CT molecular complexity index is 11.6. The zero-order valence-electron chi connectivity index (χ0n) is 1.99. The van der Waals surface area contributed by atoms with E-state index in [1.807, 2.05) is 0 Å². The highest BCUT2D eigenvalue weighted by atomic mass is 32.1. The van der Waals surface area contributed by atoms with Gasteiger partial charge in [0, 0.05) is 13.5 Å². The van der Waals surface area contributed by atoms with Crippen molar-refractivity contribution in [2.24, 2.45) is 0 Å². The lowest BCUT2D eigenvalue weighted by Gasteiger charge is -1.61. The molecule has 0 rings (SSSR count). The lowest BCUT2D eigenvalue weighted by atomic mass is 18.8. The fourth-order valence-corrected chi connectivity index (χ4v) is 0. The van der Waals surface area contributed by atoms with Crippen LogP contribution in [0.15, 0.2) is 0 Å². The van der Waals surface area contributed by atoms with Gasteiger partial charge in [-0.05, 0) is 0 Å². The topological polar surface area (TPSA) is 0 Å². The van der Waals surface area contributed by atoms with Crippen molar-refractivity contribution in [3.05, 3.63) is 0 Å². The first kappa shape index (κ1) is 9.13. The molecule has 0 aromatic heterocycles. The molecule has 0 aromatic carbocycles. The average molecular weight is 120 g/mol. The third-order valence-corrected chi connectivity index (χ3v) is 0. The molecule has 5 heavy (non-hydrogen) atoms. The highest BCUT2D eigenvalue weighted by molar-refractivity contribution is 7.59. The van der Waals surface area contributed by atoms with Crippen molar-refractivity contribution in [1.82, 2.24) is 0 Å². The predicted molar refractivity (Wildman–Crippen MR) is 17.8 cm³/mol. The first-order chi connectivity index (χ1) is 1.73. The molecule has 0 unspecified atom stereocenters. The Labute approximate surface area is 35.9 Å². The number of rotatable bonds is 0. The molecule has 0 heterocycles. The van der Waals surface area contributed by atoms with Crippen LogP contribution in [-0.2, 0) is 0 Å². The molecule has 2 radical (unpaired) electrons. The second-order valence-electron chi connectivity index (χ2n) is 0.192. The van der Waals surface area contributed by atoms with E-state index in [1.165, 1.54) is 0 Å². The monoisotopic (exact) mass is 120 g/mol. The van der Waals surface area contributed by atoms with E-state index >= 15 is 0 Å². The van der Waals surface area contributed by atoms with E-state index in [2.05, 4.69) is 0 Å². The summed E-state index contributed by atoms with van der Waals surface area (Å²) in [6.07, 6.45) is 0. The molecule has 0 saturated carbocycles. The predicted octanol–water partition coefficient (Wildman–Crippen LogP) is 2.77. The summed E-state index contributed by atoms with van der Waals surface area (Å²) in [4.78, 5) is 0. The Hall–Kier alpha value is 0.570. The molecule has 32 valence electrons. The molecule has 0 fully saturated rings. The van der Waals surface area contributed by atoms with E-state index in [1.54, 1.807) is 0 Å². The van der Waals surface area contributed by atoms with Crippen molar-refractivity contribution in [2.75, 3.05) is 0 Å². The molecule has 0 aliphatic carbocycles. The molecule has 0 atom stereocenters. The zero-order valence-corrected chi connectivity index (χ0v) is 3.70. The van der Waals surface area contributed by atoms with Gasteiger partial charge in [-0.2, -0.15) is 12.6 Å². The van der Waals surface area contributed by atoms with E-state index in [9.17, 15) is 12.6 Å². The van der Waals surface area contributed by atoms with Crippen LogP contribution in [-0.4, -0.2) is 0 Å². The Morgan fingerprint density at radius 3 is 1.00 bits per heavy atom. The molecule has 0 spiro atoms. The summed E-state index contributed by atoms with van der Waals surface area (Å²) in [5.74, 6) is 0. The van der Waals surface area contributed by atoms with E-state index in [0.29, 0.717) is 0 Å². The van der Waals surface area contributed by atoms with E-state index in [-0.39, 0.29) is 13.5 Å². The fraction of sp³-hybridized carbons (Fsp3) is 0. The van der Waals surface area contributed by atoms with Crippen LogP contribution in [0.5, 0.6) is 0 Å². The van der Waals surface area contributed by atoms with Gasteiger partial charge in [-0.1, -0.05) is 0 Å². The largest absolute Gasteiger partial charge is 0.456 e. The zero-order chi connectivity index (χ0) is 3.58. The van der Waals surface area contributed by atoms with Gasteiger partial charge in [0.15, 0.2) is 0 Å². The molecule has 0 saturated heterocycles. The van der Waals surface area contributed by atoms with E-state index < -0.39 is 8.85 Å². The third-order valence-electron chi connectivity index (χ3n) is 0. The van der Waals surface area contributed by atoms with Crippen LogP contribution in [0.1, 0.15) is 0 Å². The normalized spacial score (nSPS) is 7.20. The van der Waals surface area contributed by atoms with Gasteiger partial charge in [0.2, 0.25) is 0 Å². The molecule has 0 N–H and O–H groups in total. The van der Waals surface area contributed by atoms with Crippen molar-refractivity contribution in [1.29, 1.82) is 0 Å². The summed E-state index contributed by atoms with van der Waals surface area (Å²) in [6.45, 7) is 0. The standard InChI is InChI=1S/F3P.S/c1-4(2)3;. The lowest BCUT2D eigenvalue weighted by Crippen LogP contribution is -1.10. The highest BCUT2D eigenvalue weighted by Gasteiger charge is 1.91. The van der Waals surface area contributed by atoms with Crippen LogP contribution in [0.2, 0.25) is 0 Å². The van der Waals surface area contributed by atoms with Gasteiger partial charge in [0.05, 0.1) is 0 Å². The first-order valence-electron chi connectivity index (χ1n) is 0.507. The summed E-state index contributed by atoms with van der Waals surface area (Å²) >= 11 is 0. The molecular weight excluding hydrogens is 120 g/mol. The Balaban J connectivity index is 0. The molecule has 0 aliphatic rings. The van der Waals surface area contributed by atoms with Crippen LogP contribution in [0.4, 0.5) is 12.6 Å². The summed E-state index contributed by atoms with van der Waals surface area (Å²) in [5, 5.41) is 0. The summed E-state index contributed by atoms with van der Waals surface area (Å²) in [7, 11) is -4.12. The Morgan fingerprint density at radius 1 is 1.00 bits per heavy atom. The van der Waals surface area contributed by atoms with Crippen LogP contribution in [0, 0.1) is 0 Å². The van der Waals surface area contributed by atoms with Crippen molar-refractivity contribution in [3.8, 4) is 0 Å². The van der Waals surface area contributed by atoms with Gasteiger partial charge >= 0.3 is 8.85 Å². The van der Waals surface area contributed by atoms with Crippen molar-refractivity contribution < 1.29 is 12.6 Å². The third kappa shape index (κ3) is 92.9. The molecule has 0 aromatic rings. The summed E-state index contributed by atoms with van der Waals surface area (Å²) in [6, 6.07) is 0. The van der Waals surface area contributed by atoms with Crippen molar-refractivity contribution in [3.63, 3.8) is 0 Å². The second-order valence-corrected chi connectivity index (χ2v) is 0.575. The van der Waals surface area contributed by atoms with Gasteiger partial charge in [-0.25, -0.2) is 0 Å². The quantitative estimate of drug-likeness (QED) is 0.431. The molecule has 0 bridgehead atoms. The van der Waals surface area contributed by atoms with Gasteiger partial charge in [-0.15, -0.1) is 0 Å². The second kappa shape index (κ2) is 4.57. The Morgan fingerprint density at radius 2 is 1.00 bits per heavy atom. The average Bonchev–Trinajstić information content (AvgIpc) is 0.811. The summed E-state index contributed by atoms with van der Waals surface area (Å²) in [5.41, 5.74) is 0. The van der Waals surface area contributed by atoms with E-state index in [4.69, 9.17) is 0 Å². The Kier molecular flexibility index (Phi) is 8.34. The van der Waals surface area contributed by atoms with Crippen LogP contribution in [0.25, 0.3) is 0 Å². The van der Waals surface area contributed by atoms with Gasteiger partial charge in [-0.3, -0.25) is 0 Å². The first-order valence-corrected chi connectivity index (χ1v) is 1.52. The molecular formula is F3PS. The van der Waals surface area contributed by atoms with Gasteiger partial charge in [0.1, 0.15) is 0 Å².